The minimum absolute atomic E-state index is 0.199. The lowest BCUT2D eigenvalue weighted by atomic mass is 9.78. The highest BCUT2D eigenvalue weighted by Crippen LogP contribution is 2.42. The van der Waals surface area contributed by atoms with Gasteiger partial charge in [0.1, 0.15) is 5.60 Å². The van der Waals surface area contributed by atoms with Gasteiger partial charge in [-0.15, -0.1) is 0 Å². The van der Waals surface area contributed by atoms with Crippen molar-refractivity contribution < 1.29 is 14.2 Å². The number of ether oxygens (including phenoxy) is 1. The Morgan fingerprint density at radius 1 is 1.19 bits per heavy atom. The van der Waals surface area contributed by atoms with Gasteiger partial charge in [-0.1, -0.05) is 0 Å². The van der Waals surface area contributed by atoms with Crippen LogP contribution >= 0.6 is 0 Å². The summed E-state index contributed by atoms with van der Waals surface area (Å²) in [6, 6.07) is 1.98. The van der Waals surface area contributed by atoms with Crippen molar-refractivity contribution in [2.24, 2.45) is 5.41 Å². The highest BCUT2D eigenvalue weighted by molar-refractivity contribution is 5.73. The van der Waals surface area contributed by atoms with Gasteiger partial charge in [-0.25, -0.2) is 14.4 Å². The number of pyridine rings is 1. The van der Waals surface area contributed by atoms with Crippen LogP contribution in [-0.4, -0.2) is 58.1 Å². The fourth-order valence-electron chi connectivity index (χ4n) is 3.90. The van der Waals surface area contributed by atoms with Crippen LogP contribution in [0.5, 0.6) is 0 Å². The summed E-state index contributed by atoms with van der Waals surface area (Å²) in [6.07, 6.45) is 4.77. The molecule has 2 saturated heterocycles. The van der Waals surface area contributed by atoms with Crippen LogP contribution in [0, 0.1) is 5.41 Å². The molecule has 2 aromatic rings. The van der Waals surface area contributed by atoms with Crippen molar-refractivity contribution in [2.75, 3.05) is 31.1 Å². The van der Waals surface area contributed by atoms with Crippen LogP contribution < -0.4 is 4.90 Å². The first kappa shape index (κ1) is 17.1. The van der Waals surface area contributed by atoms with Crippen molar-refractivity contribution in [3.8, 4) is 0 Å². The third-order valence-electron chi connectivity index (χ3n) is 5.38. The number of likely N-dealkylation sites (tertiary alicyclic amines) is 1. The monoisotopic (exact) mass is 359 g/mol. The molecule has 0 aromatic carbocycles. The van der Waals surface area contributed by atoms with E-state index in [1.165, 1.54) is 0 Å². The maximum atomic E-state index is 12.3. The van der Waals surface area contributed by atoms with Gasteiger partial charge in [0.25, 0.3) is 0 Å². The predicted molar refractivity (Wildman–Crippen MR) is 95.9 cm³/mol. The average molecular weight is 359 g/mol. The number of carbonyl (C=O) groups is 1. The number of amides is 1. The van der Waals surface area contributed by atoms with Crippen LogP contribution in [0.3, 0.4) is 0 Å². The van der Waals surface area contributed by atoms with Crippen molar-refractivity contribution in [3.63, 3.8) is 0 Å². The number of hydrogen-bond donors (Lipinski definition) is 0. The van der Waals surface area contributed by atoms with Gasteiger partial charge in [-0.05, 0) is 61.8 Å². The molecule has 1 spiro atoms. The molecule has 2 aliphatic rings. The molecule has 2 aliphatic heterocycles. The lowest BCUT2D eigenvalue weighted by Gasteiger charge is -2.39. The highest BCUT2D eigenvalue weighted by atomic mass is 16.6. The van der Waals surface area contributed by atoms with E-state index in [2.05, 4.69) is 20.2 Å². The van der Waals surface area contributed by atoms with Crippen LogP contribution in [0.4, 0.5) is 10.5 Å². The topological polar surface area (TPSA) is 84.6 Å². The van der Waals surface area contributed by atoms with Crippen molar-refractivity contribution in [1.82, 2.24) is 20.2 Å². The Hall–Kier alpha value is -2.38. The Labute approximate surface area is 152 Å². The number of piperidine rings is 1. The molecule has 2 fully saturated rings. The van der Waals surface area contributed by atoms with Crippen molar-refractivity contribution >= 4 is 22.9 Å². The van der Waals surface area contributed by atoms with E-state index in [1.54, 1.807) is 0 Å². The van der Waals surface area contributed by atoms with Gasteiger partial charge in [0.05, 0.1) is 11.9 Å². The van der Waals surface area contributed by atoms with E-state index in [1.807, 2.05) is 37.9 Å². The molecule has 1 amide bonds. The van der Waals surface area contributed by atoms with Gasteiger partial charge < -0.3 is 14.5 Å². The van der Waals surface area contributed by atoms with Crippen LogP contribution in [0.25, 0.3) is 11.2 Å². The first-order chi connectivity index (χ1) is 12.3. The molecule has 4 rings (SSSR count). The number of nitrogens with zero attached hydrogens (tertiary/aromatic N) is 5. The molecule has 0 bridgehead atoms. The van der Waals surface area contributed by atoms with Gasteiger partial charge >= 0.3 is 6.09 Å². The van der Waals surface area contributed by atoms with E-state index in [-0.39, 0.29) is 11.5 Å². The Morgan fingerprint density at radius 3 is 2.65 bits per heavy atom. The zero-order valence-corrected chi connectivity index (χ0v) is 15.6. The van der Waals surface area contributed by atoms with Crippen LogP contribution in [0.15, 0.2) is 16.9 Å². The van der Waals surface area contributed by atoms with Gasteiger partial charge in [0.2, 0.25) is 5.65 Å². The molecule has 26 heavy (non-hydrogen) atoms. The molecule has 0 atom stereocenters. The first-order valence-corrected chi connectivity index (χ1v) is 9.15. The SMILES string of the molecule is CC(C)(C)OC(=O)N1CCC2(CC1)CCN(c1cnc3nonc3c1)C2. The molecule has 0 aliphatic carbocycles. The quantitative estimate of drug-likeness (QED) is 0.774. The predicted octanol–water partition coefficient (Wildman–Crippen LogP) is 2.85. The van der Waals surface area contributed by atoms with Crippen LogP contribution in [0.2, 0.25) is 0 Å². The summed E-state index contributed by atoms with van der Waals surface area (Å²) in [5, 5.41) is 7.63. The lowest BCUT2D eigenvalue weighted by molar-refractivity contribution is 0.0122. The van der Waals surface area contributed by atoms with E-state index in [0.29, 0.717) is 11.2 Å². The minimum atomic E-state index is -0.446. The number of fused-ring (bicyclic) bond motifs is 1. The van der Waals surface area contributed by atoms with E-state index in [4.69, 9.17) is 9.37 Å². The molecule has 2 aromatic heterocycles. The largest absolute Gasteiger partial charge is 0.444 e. The Kier molecular flexibility index (Phi) is 4.00. The molecule has 0 radical (unpaired) electrons. The maximum Gasteiger partial charge on any atom is 0.410 e. The van der Waals surface area contributed by atoms with E-state index in [9.17, 15) is 4.79 Å². The smallest absolute Gasteiger partial charge is 0.410 e. The van der Waals surface area contributed by atoms with E-state index >= 15 is 0 Å². The number of rotatable bonds is 1. The van der Waals surface area contributed by atoms with E-state index < -0.39 is 5.60 Å². The Morgan fingerprint density at radius 2 is 1.92 bits per heavy atom. The minimum Gasteiger partial charge on any atom is -0.444 e. The molecular formula is C18H25N5O3. The summed E-state index contributed by atoms with van der Waals surface area (Å²) in [6.45, 7) is 9.19. The van der Waals surface area contributed by atoms with Gasteiger partial charge in [-0.3, -0.25) is 0 Å². The molecule has 8 nitrogen and oxygen atoms in total. The molecule has 0 saturated carbocycles. The fourth-order valence-corrected chi connectivity index (χ4v) is 3.90. The van der Waals surface area contributed by atoms with Crippen molar-refractivity contribution in [3.05, 3.63) is 12.3 Å². The number of carbonyl (C=O) groups excluding carboxylic acids is 1. The highest BCUT2D eigenvalue weighted by Gasteiger charge is 2.42. The summed E-state index contributed by atoms with van der Waals surface area (Å²) in [4.78, 5) is 20.8. The number of aromatic nitrogens is 3. The second kappa shape index (κ2) is 6.10. The first-order valence-electron chi connectivity index (χ1n) is 9.15. The maximum absolute atomic E-state index is 12.3. The number of hydrogen-bond acceptors (Lipinski definition) is 7. The number of anilines is 1. The molecule has 8 heteroatoms. The summed E-state index contributed by atoms with van der Waals surface area (Å²) in [7, 11) is 0. The summed E-state index contributed by atoms with van der Waals surface area (Å²) in [5.41, 5.74) is 2.09. The third-order valence-corrected chi connectivity index (χ3v) is 5.38. The van der Waals surface area contributed by atoms with Crippen molar-refractivity contribution in [2.45, 2.75) is 45.6 Å². The molecular weight excluding hydrogens is 334 g/mol. The van der Waals surface area contributed by atoms with Gasteiger partial charge in [0, 0.05) is 26.2 Å². The zero-order chi connectivity index (χ0) is 18.4. The molecule has 4 heterocycles. The summed E-state index contributed by atoms with van der Waals surface area (Å²) in [5.74, 6) is 0. The second-order valence-electron chi connectivity index (χ2n) is 8.44. The van der Waals surface area contributed by atoms with Gasteiger partial charge in [-0.2, -0.15) is 0 Å². The lowest BCUT2D eigenvalue weighted by Crippen LogP contribution is -2.46. The summed E-state index contributed by atoms with van der Waals surface area (Å²) >= 11 is 0. The molecule has 140 valence electrons. The summed E-state index contributed by atoms with van der Waals surface area (Å²) < 4.78 is 10.2. The second-order valence-corrected chi connectivity index (χ2v) is 8.44. The van der Waals surface area contributed by atoms with Crippen LogP contribution in [0.1, 0.15) is 40.0 Å². The molecule has 0 N–H and O–H groups in total. The van der Waals surface area contributed by atoms with E-state index in [0.717, 1.165) is 51.1 Å². The zero-order valence-electron chi connectivity index (χ0n) is 15.6. The standard InChI is InChI=1S/C18H25N5O3/c1-17(2,3)25-16(24)22-7-4-18(5-8-22)6-9-23(12-18)13-10-14-15(19-11-13)21-26-20-14/h10-11H,4-9,12H2,1-3H3. The molecule has 0 unspecified atom stereocenters. The van der Waals surface area contributed by atoms with Crippen LogP contribution in [-0.2, 0) is 4.74 Å². The average Bonchev–Trinajstić information content (AvgIpc) is 3.20. The Bertz CT molecular complexity index is 805. The Balaban J connectivity index is 1.38. The normalized spacial score (nSPS) is 20.1. The van der Waals surface area contributed by atoms with Crippen molar-refractivity contribution in [1.29, 1.82) is 0 Å². The fraction of sp³-hybridized carbons (Fsp3) is 0.667. The third kappa shape index (κ3) is 3.32. The van der Waals surface area contributed by atoms with Gasteiger partial charge in [0.15, 0.2) is 5.52 Å².